The average Bonchev–Trinajstić information content (AvgIpc) is 2.72. The SMILES string of the molecule is CC(NC1CCCSC1)c1ccoc1. The standard InChI is InChI=1S/C11H17NOS/c1-9(10-4-5-13-7-10)12-11-3-2-6-14-8-11/h4-5,7,9,11-12H,2-3,6,8H2,1H3. The molecule has 0 spiro atoms. The lowest BCUT2D eigenvalue weighted by molar-refractivity contribution is 0.449. The van der Waals surface area contributed by atoms with Crippen LogP contribution in [0.3, 0.4) is 0 Å². The Hall–Kier alpha value is -0.410. The van der Waals surface area contributed by atoms with Crippen LogP contribution in [-0.2, 0) is 0 Å². The lowest BCUT2D eigenvalue weighted by atomic mass is 10.1. The first-order valence-electron chi connectivity index (χ1n) is 5.22. The first-order valence-corrected chi connectivity index (χ1v) is 6.37. The molecule has 1 aliphatic rings. The fourth-order valence-corrected chi connectivity index (χ4v) is 2.93. The van der Waals surface area contributed by atoms with Gasteiger partial charge in [0.05, 0.1) is 12.5 Å². The highest BCUT2D eigenvalue weighted by molar-refractivity contribution is 7.99. The van der Waals surface area contributed by atoms with E-state index < -0.39 is 0 Å². The molecule has 2 nitrogen and oxygen atoms in total. The van der Waals surface area contributed by atoms with Gasteiger partial charge in [0.15, 0.2) is 0 Å². The molecule has 1 aromatic heterocycles. The van der Waals surface area contributed by atoms with Gasteiger partial charge >= 0.3 is 0 Å². The molecule has 2 unspecified atom stereocenters. The summed E-state index contributed by atoms with van der Waals surface area (Å²) in [5, 5.41) is 3.64. The van der Waals surface area contributed by atoms with Crippen molar-refractivity contribution in [2.45, 2.75) is 31.8 Å². The molecule has 0 radical (unpaired) electrons. The lowest BCUT2D eigenvalue weighted by Crippen LogP contribution is -2.35. The Balaban J connectivity index is 1.84. The molecular formula is C11H17NOS. The zero-order valence-electron chi connectivity index (χ0n) is 8.53. The van der Waals surface area contributed by atoms with Crippen molar-refractivity contribution >= 4 is 11.8 Å². The van der Waals surface area contributed by atoms with Gasteiger partial charge in [0.25, 0.3) is 0 Å². The van der Waals surface area contributed by atoms with Crippen molar-refractivity contribution in [1.82, 2.24) is 5.32 Å². The highest BCUT2D eigenvalue weighted by atomic mass is 32.2. The van der Waals surface area contributed by atoms with Crippen molar-refractivity contribution in [3.8, 4) is 0 Å². The first kappa shape index (κ1) is 10.1. The van der Waals surface area contributed by atoms with Crippen molar-refractivity contribution in [1.29, 1.82) is 0 Å². The normalized spacial score (nSPS) is 24.8. The van der Waals surface area contributed by atoms with Crippen LogP contribution in [0.25, 0.3) is 0 Å². The van der Waals surface area contributed by atoms with Gasteiger partial charge in [-0.1, -0.05) is 0 Å². The van der Waals surface area contributed by atoms with Gasteiger partial charge in [0.2, 0.25) is 0 Å². The quantitative estimate of drug-likeness (QED) is 0.832. The molecule has 14 heavy (non-hydrogen) atoms. The predicted octanol–water partition coefficient (Wildman–Crippen LogP) is 2.83. The smallest absolute Gasteiger partial charge is 0.0950 e. The zero-order chi connectivity index (χ0) is 9.80. The van der Waals surface area contributed by atoms with Crippen LogP contribution in [0.15, 0.2) is 23.0 Å². The molecule has 1 N–H and O–H groups in total. The molecule has 0 amide bonds. The Labute approximate surface area is 89.4 Å². The van der Waals surface area contributed by atoms with E-state index in [1.807, 2.05) is 12.3 Å². The molecule has 78 valence electrons. The molecule has 1 fully saturated rings. The molecule has 2 rings (SSSR count). The molecule has 1 saturated heterocycles. The fourth-order valence-electron chi connectivity index (χ4n) is 1.84. The summed E-state index contributed by atoms with van der Waals surface area (Å²) in [6, 6.07) is 3.13. The Kier molecular flexibility index (Phi) is 3.54. The van der Waals surface area contributed by atoms with Gasteiger partial charge in [-0.05, 0) is 31.6 Å². The van der Waals surface area contributed by atoms with Crippen molar-refractivity contribution in [3.63, 3.8) is 0 Å². The van der Waals surface area contributed by atoms with Crippen LogP contribution in [0.1, 0.15) is 31.4 Å². The highest BCUT2D eigenvalue weighted by Gasteiger charge is 2.16. The average molecular weight is 211 g/mol. The maximum Gasteiger partial charge on any atom is 0.0950 e. The number of nitrogens with one attached hydrogen (secondary N) is 1. The summed E-state index contributed by atoms with van der Waals surface area (Å²) in [7, 11) is 0. The van der Waals surface area contributed by atoms with Crippen molar-refractivity contribution in [2.75, 3.05) is 11.5 Å². The van der Waals surface area contributed by atoms with E-state index in [4.69, 9.17) is 4.42 Å². The molecule has 2 heterocycles. The van der Waals surface area contributed by atoms with Gasteiger partial charge in [-0.2, -0.15) is 11.8 Å². The molecule has 1 aromatic rings. The van der Waals surface area contributed by atoms with Crippen LogP contribution in [0.4, 0.5) is 0 Å². The highest BCUT2D eigenvalue weighted by Crippen LogP contribution is 2.20. The van der Waals surface area contributed by atoms with Crippen LogP contribution in [0, 0.1) is 0 Å². The fraction of sp³-hybridized carbons (Fsp3) is 0.636. The maximum absolute atomic E-state index is 5.08. The Morgan fingerprint density at radius 3 is 3.21 bits per heavy atom. The molecule has 1 aliphatic heterocycles. The number of hydrogen-bond acceptors (Lipinski definition) is 3. The largest absolute Gasteiger partial charge is 0.472 e. The summed E-state index contributed by atoms with van der Waals surface area (Å²) >= 11 is 2.06. The molecule has 0 bridgehead atoms. The first-order chi connectivity index (χ1) is 6.86. The van der Waals surface area contributed by atoms with E-state index in [9.17, 15) is 0 Å². The van der Waals surface area contributed by atoms with E-state index in [0.29, 0.717) is 12.1 Å². The molecule has 0 saturated carbocycles. The number of furan rings is 1. The van der Waals surface area contributed by atoms with E-state index in [2.05, 4.69) is 24.0 Å². The number of rotatable bonds is 3. The second-order valence-corrected chi connectivity index (χ2v) is 5.01. The molecule has 0 aliphatic carbocycles. The minimum Gasteiger partial charge on any atom is -0.472 e. The van der Waals surface area contributed by atoms with Gasteiger partial charge < -0.3 is 9.73 Å². The molecule has 2 atom stereocenters. The Bertz CT molecular complexity index is 254. The van der Waals surface area contributed by atoms with Crippen molar-refractivity contribution in [2.24, 2.45) is 0 Å². The van der Waals surface area contributed by atoms with Crippen molar-refractivity contribution in [3.05, 3.63) is 24.2 Å². The summed E-state index contributed by atoms with van der Waals surface area (Å²) in [6.07, 6.45) is 6.23. The van der Waals surface area contributed by atoms with Gasteiger partial charge in [0, 0.05) is 23.4 Å². The summed E-state index contributed by atoms with van der Waals surface area (Å²) in [4.78, 5) is 0. The third-order valence-electron chi connectivity index (χ3n) is 2.69. The minimum atomic E-state index is 0.414. The van der Waals surface area contributed by atoms with Gasteiger partial charge in [0.1, 0.15) is 0 Å². The number of hydrogen-bond donors (Lipinski definition) is 1. The van der Waals surface area contributed by atoms with Crippen LogP contribution >= 0.6 is 11.8 Å². The van der Waals surface area contributed by atoms with Crippen LogP contribution in [0.2, 0.25) is 0 Å². The summed E-state index contributed by atoms with van der Waals surface area (Å²) in [5.74, 6) is 2.58. The van der Waals surface area contributed by atoms with Crippen LogP contribution in [-0.4, -0.2) is 17.5 Å². The topological polar surface area (TPSA) is 25.2 Å². The third kappa shape index (κ3) is 2.55. The van der Waals surface area contributed by atoms with E-state index >= 15 is 0 Å². The lowest BCUT2D eigenvalue weighted by Gasteiger charge is -2.25. The summed E-state index contributed by atoms with van der Waals surface area (Å²) in [6.45, 7) is 2.20. The summed E-state index contributed by atoms with van der Waals surface area (Å²) in [5.41, 5.74) is 1.25. The maximum atomic E-state index is 5.08. The van der Waals surface area contributed by atoms with E-state index in [0.717, 1.165) is 0 Å². The van der Waals surface area contributed by atoms with E-state index in [1.54, 1.807) is 6.26 Å². The zero-order valence-corrected chi connectivity index (χ0v) is 9.35. The second kappa shape index (κ2) is 4.89. The van der Waals surface area contributed by atoms with E-state index in [-0.39, 0.29) is 0 Å². The summed E-state index contributed by atoms with van der Waals surface area (Å²) < 4.78 is 5.08. The predicted molar refractivity (Wildman–Crippen MR) is 60.6 cm³/mol. The molecule has 3 heteroatoms. The van der Waals surface area contributed by atoms with Gasteiger partial charge in [-0.25, -0.2) is 0 Å². The molecule has 0 aromatic carbocycles. The minimum absolute atomic E-state index is 0.414. The van der Waals surface area contributed by atoms with Crippen molar-refractivity contribution < 1.29 is 4.42 Å². The van der Waals surface area contributed by atoms with Gasteiger partial charge in [-0.3, -0.25) is 0 Å². The Morgan fingerprint density at radius 2 is 2.57 bits per heavy atom. The Morgan fingerprint density at radius 1 is 1.64 bits per heavy atom. The van der Waals surface area contributed by atoms with Gasteiger partial charge in [-0.15, -0.1) is 0 Å². The van der Waals surface area contributed by atoms with Crippen LogP contribution in [0.5, 0.6) is 0 Å². The third-order valence-corrected chi connectivity index (χ3v) is 3.90. The monoisotopic (exact) mass is 211 g/mol. The number of thioether (sulfide) groups is 1. The van der Waals surface area contributed by atoms with E-state index in [1.165, 1.54) is 29.9 Å². The second-order valence-electron chi connectivity index (χ2n) is 3.86. The van der Waals surface area contributed by atoms with Crippen LogP contribution < -0.4 is 5.32 Å². The molecular weight excluding hydrogens is 194 g/mol.